The Morgan fingerprint density at radius 2 is 0.656 bits per heavy atom. The molecule has 0 fully saturated rings. The molecule has 0 radical (unpaired) electrons. The van der Waals surface area contributed by atoms with Gasteiger partial charge in [-0.1, -0.05) is 280 Å². The Balaban J connectivity index is 3.38. The summed E-state index contributed by atoms with van der Waals surface area (Å²) in [7, 11) is 0. The number of hydrogen-bond donors (Lipinski definition) is 3. The molecule has 0 aromatic rings. The van der Waals surface area contributed by atoms with Gasteiger partial charge in [0.05, 0.1) is 18.8 Å². The molecule has 0 rings (SSSR count). The molecule has 0 spiro atoms. The molecular formula is C60H111NO3. The van der Waals surface area contributed by atoms with E-state index in [1.807, 2.05) is 6.08 Å². The third kappa shape index (κ3) is 51.1. The van der Waals surface area contributed by atoms with E-state index >= 15 is 0 Å². The van der Waals surface area contributed by atoms with Crippen LogP contribution in [0.3, 0.4) is 0 Å². The Kier molecular flexibility index (Phi) is 53.8. The van der Waals surface area contributed by atoms with Crippen LogP contribution in [-0.4, -0.2) is 34.9 Å². The molecular weight excluding hydrogens is 783 g/mol. The summed E-state index contributed by atoms with van der Waals surface area (Å²) in [5.41, 5.74) is 0. The Morgan fingerprint density at radius 1 is 0.375 bits per heavy atom. The van der Waals surface area contributed by atoms with E-state index in [1.54, 1.807) is 6.08 Å². The Labute approximate surface area is 400 Å². The predicted octanol–water partition coefficient (Wildman–Crippen LogP) is 18.8. The minimum Gasteiger partial charge on any atom is -0.394 e. The van der Waals surface area contributed by atoms with Gasteiger partial charge in [0.15, 0.2) is 0 Å². The molecule has 4 nitrogen and oxygen atoms in total. The van der Waals surface area contributed by atoms with E-state index in [-0.39, 0.29) is 12.5 Å². The molecule has 0 saturated heterocycles. The number of nitrogens with one attached hydrogen (secondary N) is 1. The van der Waals surface area contributed by atoms with Gasteiger partial charge < -0.3 is 15.5 Å². The average Bonchev–Trinajstić information content (AvgIpc) is 3.30. The molecule has 4 heteroatoms. The summed E-state index contributed by atoms with van der Waals surface area (Å²) in [4.78, 5) is 12.4. The zero-order valence-electron chi connectivity index (χ0n) is 43.1. The summed E-state index contributed by atoms with van der Waals surface area (Å²) < 4.78 is 0. The van der Waals surface area contributed by atoms with Gasteiger partial charge in [0.1, 0.15) is 0 Å². The fraction of sp³-hybridized carbons (Fsp3) is 0.817. The molecule has 1 amide bonds. The third-order valence-electron chi connectivity index (χ3n) is 13.0. The van der Waals surface area contributed by atoms with E-state index in [4.69, 9.17) is 0 Å². The highest BCUT2D eigenvalue weighted by Crippen LogP contribution is 2.17. The highest BCUT2D eigenvalue weighted by molar-refractivity contribution is 5.76. The zero-order valence-corrected chi connectivity index (χ0v) is 43.1. The van der Waals surface area contributed by atoms with Crippen LogP contribution in [0.4, 0.5) is 0 Å². The van der Waals surface area contributed by atoms with Crippen LogP contribution in [0.1, 0.15) is 296 Å². The van der Waals surface area contributed by atoms with Crippen LogP contribution < -0.4 is 5.32 Å². The summed E-state index contributed by atoms with van der Waals surface area (Å²) in [6.45, 7) is 4.27. The van der Waals surface area contributed by atoms with Crippen LogP contribution in [0, 0.1) is 0 Å². The van der Waals surface area contributed by atoms with E-state index in [1.165, 1.54) is 231 Å². The number of aliphatic hydroxyl groups is 2. The topological polar surface area (TPSA) is 69.6 Å². The quantitative estimate of drug-likeness (QED) is 0.0421. The van der Waals surface area contributed by atoms with Crippen LogP contribution in [0.5, 0.6) is 0 Å². The van der Waals surface area contributed by atoms with Crippen molar-refractivity contribution in [1.82, 2.24) is 5.32 Å². The molecule has 374 valence electrons. The van der Waals surface area contributed by atoms with Crippen molar-refractivity contribution in [2.45, 2.75) is 309 Å². The largest absolute Gasteiger partial charge is 0.394 e. The molecule has 0 saturated carbocycles. The molecule has 3 N–H and O–H groups in total. The molecule has 2 atom stereocenters. The third-order valence-corrected chi connectivity index (χ3v) is 13.0. The summed E-state index contributed by atoms with van der Waals surface area (Å²) in [5, 5.41) is 23.0. The number of allylic oxidation sites excluding steroid dienone is 9. The first kappa shape index (κ1) is 62.1. The van der Waals surface area contributed by atoms with Gasteiger partial charge in [-0.3, -0.25) is 4.79 Å². The molecule has 0 aliphatic rings. The number of hydrogen-bond acceptors (Lipinski definition) is 3. The minimum atomic E-state index is -0.860. The fourth-order valence-corrected chi connectivity index (χ4v) is 8.62. The van der Waals surface area contributed by atoms with Gasteiger partial charge >= 0.3 is 0 Å². The number of rotatable bonds is 52. The summed E-state index contributed by atoms with van der Waals surface area (Å²) >= 11 is 0. The smallest absolute Gasteiger partial charge is 0.220 e. The van der Waals surface area contributed by atoms with Gasteiger partial charge in [-0.05, 0) is 70.6 Å². The second-order valence-electron chi connectivity index (χ2n) is 19.3. The van der Waals surface area contributed by atoms with Crippen molar-refractivity contribution in [2.24, 2.45) is 0 Å². The molecule has 64 heavy (non-hydrogen) atoms. The summed E-state index contributed by atoms with van der Waals surface area (Å²) in [6, 6.07) is -0.637. The van der Waals surface area contributed by atoms with Crippen molar-refractivity contribution in [2.75, 3.05) is 6.61 Å². The van der Waals surface area contributed by atoms with Gasteiger partial charge in [0.25, 0.3) is 0 Å². The van der Waals surface area contributed by atoms with E-state index in [0.717, 1.165) is 44.9 Å². The maximum Gasteiger partial charge on any atom is 0.220 e. The molecule has 0 bridgehead atoms. The Bertz CT molecular complexity index is 1060. The van der Waals surface area contributed by atoms with Crippen LogP contribution in [0.25, 0.3) is 0 Å². The maximum absolute atomic E-state index is 12.4. The lowest BCUT2D eigenvalue weighted by molar-refractivity contribution is -0.123. The van der Waals surface area contributed by atoms with Crippen molar-refractivity contribution >= 4 is 5.91 Å². The lowest BCUT2D eigenvalue weighted by Crippen LogP contribution is -2.45. The predicted molar refractivity (Wildman–Crippen MR) is 285 cm³/mol. The normalized spacial score (nSPS) is 13.2. The first-order chi connectivity index (χ1) is 31.7. The first-order valence-corrected chi connectivity index (χ1v) is 28.5. The van der Waals surface area contributed by atoms with Crippen molar-refractivity contribution in [3.63, 3.8) is 0 Å². The first-order valence-electron chi connectivity index (χ1n) is 28.5. The molecule has 0 aliphatic heterocycles. The van der Waals surface area contributed by atoms with E-state index in [2.05, 4.69) is 67.8 Å². The highest BCUT2D eigenvalue weighted by Gasteiger charge is 2.18. The molecule has 0 aromatic carbocycles. The van der Waals surface area contributed by atoms with Crippen LogP contribution >= 0.6 is 0 Å². The molecule has 0 aromatic heterocycles. The summed E-state index contributed by atoms with van der Waals surface area (Å²) in [6.07, 6.45) is 78.4. The van der Waals surface area contributed by atoms with Gasteiger partial charge in [-0.2, -0.15) is 0 Å². The fourth-order valence-electron chi connectivity index (χ4n) is 8.62. The lowest BCUT2D eigenvalue weighted by atomic mass is 10.0. The Hall–Kier alpha value is -1.91. The second-order valence-corrected chi connectivity index (χ2v) is 19.3. The zero-order chi connectivity index (χ0) is 46.3. The van der Waals surface area contributed by atoms with Gasteiger partial charge in [-0.25, -0.2) is 0 Å². The minimum absolute atomic E-state index is 0.0720. The van der Waals surface area contributed by atoms with E-state index in [0.29, 0.717) is 6.42 Å². The second kappa shape index (κ2) is 55.4. The number of aliphatic hydroxyl groups excluding tert-OH is 2. The lowest BCUT2D eigenvalue weighted by Gasteiger charge is -2.19. The Morgan fingerprint density at radius 3 is 1.02 bits per heavy atom. The monoisotopic (exact) mass is 894 g/mol. The summed E-state index contributed by atoms with van der Waals surface area (Å²) in [5.74, 6) is -0.0720. The van der Waals surface area contributed by atoms with Crippen LogP contribution in [0.2, 0.25) is 0 Å². The number of amides is 1. The number of carbonyl (C=O) groups is 1. The SMILES string of the molecule is CCCCCCC/C=C\C/C=C\C/C=C\CCCCCCCCCCCCCCCCCCCCCCCCCCCCC(=O)NC(CO)C(O)/C=C/CC/C=C/CCCCCCC. The number of unbranched alkanes of at least 4 members (excludes halogenated alkanes) is 37. The van der Waals surface area contributed by atoms with Gasteiger partial charge in [0.2, 0.25) is 5.91 Å². The van der Waals surface area contributed by atoms with Gasteiger partial charge in [0, 0.05) is 6.42 Å². The number of carbonyl (C=O) groups excluding carboxylic acids is 1. The van der Waals surface area contributed by atoms with Crippen molar-refractivity contribution in [3.8, 4) is 0 Å². The maximum atomic E-state index is 12.4. The average molecular weight is 895 g/mol. The van der Waals surface area contributed by atoms with Crippen LogP contribution in [-0.2, 0) is 4.79 Å². The van der Waals surface area contributed by atoms with Crippen molar-refractivity contribution in [1.29, 1.82) is 0 Å². The highest BCUT2D eigenvalue weighted by atomic mass is 16.3. The van der Waals surface area contributed by atoms with Crippen molar-refractivity contribution < 1.29 is 15.0 Å². The van der Waals surface area contributed by atoms with E-state index < -0.39 is 12.1 Å². The van der Waals surface area contributed by atoms with Crippen LogP contribution in [0.15, 0.2) is 60.8 Å². The van der Waals surface area contributed by atoms with Crippen molar-refractivity contribution in [3.05, 3.63) is 60.8 Å². The molecule has 0 heterocycles. The standard InChI is InChI=1S/C60H111NO3/c1-3-5-7-9-11-13-15-16-17-18-19-20-21-22-23-24-25-26-27-28-29-30-31-32-33-34-35-36-37-38-39-40-41-42-43-44-46-48-50-52-54-56-60(64)61-58(57-62)59(63)55-53-51-49-47-45-14-12-10-8-6-4-2/h15-16,18-19,21-22,45,47,53,55,58-59,62-63H,3-14,17,20,23-44,46,48-52,54,56-57H2,1-2H3,(H,61,64)/b16-15-,19-18-,22-21-,47-45+,55-53+. The molecule has 2 unspecified atom stereocenters. The van der Waals surface area contributed by atoms with Gasteiger partial charge in [-0.15, -0.1) is 0 Å². The molecule has 0 aliphatic carbocycles. The van der Waals surface area contributed by atoms with E-state index in [9.17, 15) is 15.0 Å².